The molecule has 0 saturated carbocycles. The highest BCUT2D eigenvalue weighted by atomic mass is 32.1. The van der Waals surface area contributed by atoms with Crippen molar-refractivity contribution in [2.24, 2.45) is 5.92 Å². The molecule has 1 saturated heterocycles. The maximum Gasteiger partial charge on any atom is 0.107 e. The van der Waals surface area contributed by atoms with E-state index in [1.807, 2.05) is 11.3 Å². The van der Waals surface area contributed by atoms with Crippen LogP contribution in [0.4, 0.5) is 0 Å². The summed E-state index contributed by atoms with van der Waals surface area (Å²) in [6.45, 7) is 14.7. The molecule has 0 bridgehead atoms. The van der Waals surface area contributed by atoms with Gasteiger partial charge in [-0.2, -0.15) is 0 Å². The molecule has 1 N–H and O–H groups in total. The Morgan fingerprint density at radius 3 is 2.90 bits per heavy atom. The first-order valence-corrected chi connectivity index (χ1v) is 9.33. The van der Waals surface area contributed by atoms with Gasteiger partial charge in [0.15, 0.2) is 0 Å². The average molecular weight is 310 g/mol. The molecule has 1 aliphatic heterocycles. The van der Waals surface area contributed by atoms with Crippen molar-refractivity contribution in [1.82, 2.24) is 15.2 Å². The van der Waals surface area contributed by atoms with E-state index in [0.717, 1.165) is 25.6 Å². The highest BCUT2D eigenvalue weighted by Gasteiger charge is 2.19. The molecule has 1 unspecified atom stereocenters. The van der Waals surface area contributed by atoms with Gasteiger partial charge in [-0.05, 0) is 44.2 Å². The van der Waals surface area contributed by atoms with E-state index in [1.165, 1.54) is 47.9 Å². The molecule has 120 valence electrons. The van der Waals surface area contributed by atoms with Crippen LogP contribution in [0.1, 0.15) is 68.5 Å². The molecule has 1 aromatic rings. The van der Waals surface area contributed by atoms with Crippen LogP contribution >= 0.6 is 11.3 Å². The summed E-state index contributed by atoms with van der Waals surface area (Å²) in [6.07, 6.45) is 3.92. The minimum atomic E-state index is 0.522. The van der Waals surface area contributed by atoms with E-state index < -0.39 is 0 Å². The van der Waals surface area contributed by atoms with Crippen molar-refractivity contribution in [3.63, 3.8) is 0 Å². The molecular weight excluding hydrogens is 278 g/mol. The fraction of sp³-hybridized carbons (Fsp3) is 0.824. The molecule has 2 heterocycles. The average Bonchev–Trinajstić information content (AvgIpc) is 2.82. The number of hydrogen-bond donors (Lipinski definition) is 1. The predicted octanol–water partition coefficient (Wildman–Crippen LogP) is 4.00. The zero-order valence-corrected chi connectivity index (χ0v) is 14.9. The normalized spacial score (nSPS) is 20.3. The monoisotopic (exact) mass is 309 g/mol. The number of rotatable bonds is 7. The van der Waals surface area contributed by atoms with Crippen molar-refractivity contribution >= 4 is 11.3 Å². The topological polar surface area (TPSA) is 28.2 Å². The SMILES string of the molecule is CCCNCc1sc(CN2CCCC(C)C2)nc1C(C)C. The number of hydrogen-bond acceptors (Lipinski definition) is 4. The van der Waals surface area contributed by atoms with Crippen LogP contribution in [-0.2, 0) is 13.1 Å². The summed E-state index contributed by atoms with van der Waals surface area (Å²) >= 11 is 1.92. The van der Waals surface area contributed by atoms with Crippen molar-refractivity contribution in [3.8, 4) is 0 Å². The Hall–Kier alpha value is -0.450. The van der Waals surface area contributed by atoms with Crippen LogP contribution in [0, 0.1) is 5.92 Å². The molecular formula is C17H31N3S. The van der Waals surface area contributed by atoms with E-state index >= 15 is 0 Å². The zero-order valence-electron chi connectivity index (χ0n) is 14.1. The summed E-state index contributed by atoms with van der Waals surface area (Å²) in [5, 5.41) is 4.83. The standard InChI is InChI=1S/C17H31N3S/c1-5-8-18-10-15-17(13(2)3)19-16(21-15)12-20-9-6-7-14(4)11-20/h13-14,18H,5-12H2,1-4H3. The molecule has 1 aromatic heterocycles. The first-order valence-electron chi connectivity index (χ1n) is 8.51. The van der Waals surface area contributed by atoms with E-state index in [2.05, 4.69) is 37.9 Å². The zero-order chi connectivity index (χ0) is 15.2. The van der Waals surface area contributed by atoms with Gasteiger partial charge in [0, 0.05) is 18.0 Å². The van der Waals surface area contributed by atoms with Gasteiger partial charge in [0.2, 0.25) is 0 Å². The first-order chi connectivity index (χ1) is 10.1. The fourth-order valence-electron chi connectivity index (χ4n) is 3.06. The Bertz CT molecular complexity index is 428. The van der Waals surface area contributed by atoms with Crippen LogP contribution < -0.4 is 5.32 Å². The van der Waals surface area contributed by atoms with Crippen LogP contribution in [-0.4, -0.2) is 29.5 Å². The second-order valence-corrected chi connectivity index (χ2v) is 7.90. The lowest BCUT2D eigenvalue weighted by Gasteiger charge is -2.29. The van der Waals surface area contributed by atoms with E-state index in [-0.39, 0.29) is 0 Å². The minimum Gasteiger partial charge on any atom is -0.312 e. The van der Waals surface area contributed by atoms with Crippen LogP contribution in [0.3, 0.4) is 0 Å². The Morgan fingerprint density at radius 1 is 1.43 bits per heavy atom. The van der Waals surface area contributed by atoms with Crippen molar-refractivity contribution < 1.29 is 0 Å². The Balaban J connectivity index is 2.00. The van der Waals surface area contributed by atoms with Crippen LogP contribution in [0.25, 0.3) is 0 Å². The third-order valence-electron chi connectivity index (χ3n) is 4.13. The van der Waals surface area contributed by atoms with E-state index in [4.69, 9.17) is 4.98 Å². The van der Waals surface area contributed by atoms with Crippen LogP contribution in [0.2, 0.25) is 0 Å². The van der Waals surface area contributed by atoms with Crippen molar-refractivity contribution in [2.45, 2.75) is 66.0 Å². The Morgan fingerprint density at radius 2 is 2.24 bits per heavy atom. The second kappa shape index (κ2) is 8.25. The molecule has 0 aliphatic carbocycles. The first kappa shape index (κ1) is 16.9. The van der Waals surface area contributed by atoms with Crippen LogP contribution in [0.15, 0.2) is 0 Å². The van der Waals surface area contributed by atoms with E-state index in [1.54, 1.807) is 0 Å². The summed E-state index contributed by atoms with van der Waals surface area (Å²) in [4.78, 5) is 8.97. The van der Waals surface area contributed by atoms with Crippen molar-refractivity contribution in [1.29, 1.82) is 0 Å². The van der Waals surface area contributed by atoms with Crippen molar-refractivity contribution in [3.05, 3.63) is 15.6 Å². The fourth-order valence-corrected chi connectivity index (χ4v) is 4.30. The molecule has 4 heteroatoms. The highest BCUT2D eigenvalue weighted by molar-refractivity contribution is 7.11. The van der Waals surface area contributed by atoms with E-state index in [0.29, 0.717) is 5.92 Å². The largest absolute Gasteiger partial charge is 0.312 e. The molecule has 1 aliphatic rings. The molecule has 0 radical (unpaired) electrons. The van der Waals surface area contributed by atoms with Crippen LogP contribution in [0.5, 0.6) is 0 Å². The number of likely N-dealkylation sites (tertiary alicyclic amines) is 1. The summed E-state index contributed by atoms with van der Waals surface area (Å²) in [6, 6.07) is 0. The summed E-state index contributed by atoms with van der Waals surface area (Å²) in [7, 11) is 0. The van der Waals surface area contributed by atoms with E-state index in [9.17, 15) is 0 Å². The number of nitrogens with one attached hydrogen (secondary N) is 1. The van der Waals surface area contributed by atoms with Gasteiger partial charge in [0.25, 0.3) is 0 Å². The van der Waals surface area contributed by atoms with Crippen molar-refractivity contribution in [2.75, 3.05) is 19.6 Å². The lowest BCUT2D eigenvalue weighted by molar-refractivity contribution is 0.176. The van der Waals surface area contributed by atoms with Gasteiger partial charge in [-0.1, -0.05) is 27.7 Å². The highest BCUT2D eigenvalue weighted by Crippen LogP contribution is 2.27. The summed E-state index contributed by atoms with van der Waals surface area (Å²) < 4.78 is 0. The van der Waals surface area contributed by atoms with Gasteiger partial charge in [-0.15, -0.1) is 11.3 Å². The number of piperidine rings is 1. The minimum absolute atomic E-state index is 0.522. The smallest absolute Gasteiger partial charge is 0.107 e. The number of nitrogens with zero attached hydrogens (tertiary/aromatic N) is 2. The maximum atomic E-state index is 4.94. The molecule has 1 atom stereocenters. The number of thiazole rings is 1. The van der Waals surface area contributed by atoms with Gasteiger partial charge >= 0.3 is 0 Å². The predicted molar refractivity (Wildman–Crippen MR) is 91.9 cm³/mol. The molecule has 0 spiro atoms. The van der Waals surface area contributed by atoms with Gasteiger partial charge in [0.1, 0.15) is 5.01 Å². The third-order valence-corrected chi connectivity index (χ3v) is 5.19. The summed E-state index contributed by atoms with van der Waals surface area (Å²) in [5.74, 6) is 1.36. The quantitative estimate of drug-likeness (QED) is 0.772. The van der Waals surface area contributed by atoms with Gasteiger partial charge in [0.05, 0.1) is 12.2 Å². The Labute approximate surface area is 134 Å². The summed E-state index contributed by atoms with van der Waals surface area (Å²) in [5.41, 5.74) is 1.31. The maximum absolute atomic E-state index is 4.94. The molecule has 2 rings (SSSR count). The third kappa shape index (κ3) is 5.04. The molecule has 3 nitrogen and oxygen atoms in total. The Kier molecular flexibility index (Phi) is 6.65. The molecule has 21 heavy (non-hydrogen) atoms. The second-order valence-electron chi connectivity index (χ2n) is 6.73. The lowest BCUT2D eigenvalue weighted by Crippen LogP contribution is -2.33. The molecule has 1 fully saturated rings. The molecule has 0 aromatic carbocycles. The van der Waals surface area contributed by atoms with Gasteiger partial charge < -0.3 is 5.32 Å². The number of aromatic nitrogens is 1. The van der Waals surface area contributed by atoms with Gasteiger partial charge in [-0.25, -0.2) is 4.98 Å². The van der Waals surface area contributed by atoms with Gasteiger partial charge in [-0.3, -0.25) is 4.90 Å². The molecule has 0 amide bonds. The lowest BCUT2D eigenvalue weighted by atomic mass is 10.0.